The van der Waals surface area contributed by atoms with E-state index in [-0.39, 0.29) is 5.76 Å². The lowest BCUT2D eigenvalue weighted by atomic mass is 10.1. The summed E-state index contributed by atoms with van der Waals surface area (Å²) < 4.78 is 45.1. The molecule has 0 radical (unpaired) electrons. The van der Waals surface area contributed by atoms with Gasteiger partial charge in [0.05, 0.1) is 23.0 Å². The molecule has 27 heavy (non-hydrogen) atoms. The van der Waals surface area contributed by atoms with Gasteiger partial charge in [0.1, 0.15) is 0 Å². The van der Waals surface area contributed by atoms with Crippen LogP contribution in [-0.4, -0.2) is 25.4 Å². The van der Waals surface area contributed by atoms with Gasteiger partial charge in [-0.3, -0.25) is 0 Å². The summed E-state index contributed by atoms with van der Waals surface area (Å²) in [6.07, 6.45) is -2.97. The molecule has 6 nitrogen and oxygen atoms in total. The predicted molar refractivity (Wildman–Crippen MR) is 89.8 cm³/mol. The lowest BCUT2D eigenvalue weighted by molar-refractivity contribution is -0.137. The number of alkyl halides is 3. The minimum atomic E-state index is -4.40. The van der Waals surface area contributed by atoms with E-state index in [1.165, 1.54) is 23.0 Å². The molecule has 0 saturated heterocycles. The Morgan fingerprint density at radius 1 is 0.963 bits per heavy atom. The number of aryl methyl sites for hydroxylation is 1. The van der Waals surface area contributed by atoms with Gasteiger partial charge in [0.15, 0.2) is 11.6 Å². The summed E-state index contributed by atoms with van der Waals surface area (Å²) in [7, 11) is 0. The molecule has 0 spiro atoms. The van der Waals surface area contributed by atoms with Gasteiger partial charge in [0, 0.05) is 5.56 Å². The number of halogens is 3. The standard InChI is InChI=1S/C18H12F3N5O/c1-11-2-8-14(9-3-11)26-17(23-24-25-26)15-10-22-27-16(15)12-4-6-13(7-5-12)18(19,20)21/h2-10H,1H3. The van der Waals surface area contributed by atoms with Crippen LogP contribution < -0.4 is 0 Å². The molecule has 0 aliphatic heterocycles. The molecule has 136 valence electrons. The van der Waals surface area contributed by atoms with E-state index in [2.05, 4.69) is 20.7 Å². The molecule has 0 unspecified atom stereocenters. The topological polar surface area (TPSA) is 69.6 Å². The SMILES string of the molecule is Cc1ccc(-n2nnnc2-c2cnoc2-c2ccc(C(F)(F)F)cc2)cc1. The van der Waals surface area contributed by atoms with Crippen LogP contribution in [-0.2, 0) is 6.18 Å². The van der Waals surface area contributed by atoms with E-state index in [9.17, 15) is 13.2 Å². The van der Waals surface area contributed by atoms with Crippen LogP contribution in [0.4, 0.5) is 13.2 Å². The van der Waals surface area contributed by atoms with Crippen molar-refractivity contribution >= 4 is 0 Å². The third-order valence-corrected chi connectivity index (χ3v) is 4.03. The second-order valence-corrected chi connectivity index (χ2v) is 5.89. The van der Waals surface area contributed by atoms with Gasteiger partial charge in [-0.1, -0.05) is 35.0 Å². The Morgan fingerprint density at radius 3 is 2.33 bits per heavy atom. The highest BCUT2D eigenvalue weighted by molar-refractivity contribution is 5.76. The number of hydrogen-bond acceptors (Lipinski definition) is 5. The van der Waals surface area contributed by atoms with Crippen LogP contribution in [0.25, 0.3) is 28.4 Å². The summed E-state index contributed by atoms with van der Waals surface area (Å²) in [5.74, 6) is 0.655. The second-order valence-electron chi connectivity index (χ2n) is 5.89. The lowest BCUT2D eigenvalue weighted by Crippen LogP contribution is -2.04. The molecule has 0 bridgehead atoms. The maximum atomic E-state index is 12.8. The van der Waals surface area contributed by atoms with Gasteiger partial charge >= 0.3 is 6.18 Å². The number of tetrazole rings is 1. The van der Waals surface area contributed by atoms with E-state index in [0.29, 0.717) is 17.0 Å². The zero-order valence-corrected chi connectivity index (χ0v) is 14.0. The highest BCUT2D eigenvalue weighted by Crippen LogP contribution is 2.34. The van der Waals surface area contributed by atoms with Gasteiger partial charge in [-0.25, -0.2) is 0 Å². The normalized spacial score (nSPS) is 11.7. The Morgan fingerprint density at radius 2 is 1.67 bits per heavy atom. The van der Waals surface area contributed by atoms with E-state index in [4.69, 9.17) is 4.52 Å². The molecule has 2 aromatic heterocycles. The van der Waals surface area contributed by atoms with Gasteiger partial charge in [-0.15, -0.1) is 5.10 Å². The number of hydrogen-bond donors (Lipinski definition) is 0. The van der Waals surface area contributed by atoms with E-state index in [1.54, 1.807) is 0 Å². The fourth-order valence-corrected chi connectivity index (χ4v) is 2.63. The number of benzene rings is 2. The van der Waals surface area contributed by atoms with Crippen molar-refractivity contribution in [1.29, 1.82) is 0 Å². The van der Waals surface area contributed by atoms with Crippen molar-refractivity contribution < 1.29 is 17.7 Å². The third kappa shape index (κ3) is 3.19. The van der Waals surface area contributed by atoms with Crippen molar-refractivity contribution in [2.45, 2.75) is 13.1 Å². The first-order valence-corrected chi connectivity index (χ1v) is 7.91. The van der Waals surface area contributed by atoms with E-state index in [0.717, 1.165) is 23.4 Å². The van der Waals surface area contributed by atoms with Crippen molar-refractivity contribution in [3.63, 3.8) is 0 Å². The summed E-state index contributed by atoms with van der Waals surface area (Å²) in [4.78, 5) is 0. The van der Waals surface area contributed by atoms with Gasteiger partial charge < -0.3 is 4.52 Å². The summed E-state index contributed by atoms with van der Waals surface area (Å²) >= 11 is 0. The Hall–Kier alpha value is -3.49. The third-order valence-electron chi connectivity index (χ3n) is 4.03. The maximum Gasteiger partial charge on any atom is 0.416 e. The zero-order chi connectivity index (χ0) is 19.0. The first kappa shape index (κ1) is 17.0. The Kier molecular flexibility index (Phi) is 3.98. The number of nitrogens with zero attached hydrogens (tertiary/aromatic N) is 5. The lowest BCUT2D eigenvalue weighted by Gasteiger charge is -2.07. The summed E-state index contributed by atoms with van der Waals surface area (Å²) in [5.41, 5.74) is 2.00. The molecule has 0 amide bonds. The Labute approximate surface area is 151 Å². The monoisotopic (exact) mass is 371 g/mol. The van der Waals surface area contributed by atoms with Crippen molar-refractivity contribution in [2.75, 3.05) is 0 Å². The molecule has 2 heterocycles. The molecule has 0 fully saturated rings. The molecule has 0 atom stereocenters. The fourth-order valence-electron chi connectivity index (χ4n) is 2.63. The van der Waals surface area contributed by atoms with Crippen LogP contribution in [0.15, 0.2) is 59.3 Å². The van der Waals surface area contributed by atoms with Gasteiger partial charge in [-0.2, -0.15) is 17.9 Å². The molecule has 0 saturated carbocycles. The summed E-state index contributed by atoms with van der Waals surface area (Å²) in [5, 5.41) is 15.5. The van der Waals surface area contributed by atoms with E-state index >= 15 is 0 Å². The fraction of sp³-hybridized carbons (Fsp3) is 0.111. The van der Waals surface area contributed by atoms with Crippen molar-refractivity contribution in [3.05, 3.63) is 65.9 Å². The smallest absolute Gasteiger partial charge is 0.356 e. The van der Waals surface area contributed by atoms with Crippen LogP contribution in [0, 0.1) is 6.92 Å². The van der Waals surface area contributed by atoms with Crippen molar-refractivity contribution in [2.24, 2.45) is 0 Å². The van der Waals surface area contributed by atoms with Crippen molar-refractivity contribution in [1.82, 2.24) is 25.4 Å². The molecule has 4 aromatic rings. The van der Waals surface area contributed by atoms with Gasteiger partial charge in [0.2, 0.25) is 0 Å². The molecule has 4 rings (SSSR count). The van der Waals surface area contributed by atoms with Crippen LogP contribution in [0.1, 0.15) is 11.1 Å². The average Bonchev–Trinajstić information content (AvgIpc) is 3.30. The summed E-state index contributed by atoms with van der Waals surface area (Å²) in [6.45, 7) is 1.97. The largest absolute Gasteiger partial charge is 0.416 e. The van der Waals surface area contributed by atoms with Crippen LogP contribution >= 0.6 is 0 Å². The molecule has 0 aliphatic rings. The highest BCUT2D eigenvalue weighted by Gasteiger charge is 2.30. The van der Waals surface area contributed by atoms with Gasteiger partial charge in [-0.05, 0) is 41.6 Å². The molecule has 0 N–H and O–H groups in total. The zero-order valence-electron chi connectivity index (χ0n) is 14.0. The van der Waals surface area contributed by atoms with E-state index in [1.807, 2.05) is 31.2 Å². The highest BCUT2D eigenvalue weighted by atomic mass is 19.4. The quantitative estimate of drug-likeness (QED) is 0.537. The Bertz CT molecular complexity index is 1070. The first-order chi connectivity index (χ1) is 12.9. The minimum absolute atomic E-state index is 0.284. The molecular weight excluding hydrogens is 359 g/mol. The number of aromatic nitrogens is 5. The maximum absolute atomic E-state index is 12.8. The average molecular weight is 371 g/mol. The van der Waals surface area contributed by atoms with Crippen molar-refractivity contribution in [3.8, 4) is 28.4 Å². The Balaban J connectivity index is 1.76. The second kappa shape index (κ2) is 6.35. The summed E-state index contributed by atoms with van der Waals surface area (Å²) in [6, 6.07) is 12.2. The van der Waals surface area contributed by atoms with Crippen LogP contribution in [0.5, 0.6) is 0 Å². The van der Waals surface area contributed by atoms with E-state index < -0.39 is 11.7 Å². The molecule has 9 heteroatoms. The van der Waals surface area contributed by atoms with Crippen LogP contribution in [0.2, 0.25) is 0 Å². The molecular formula is C18H12F3N5O. The molecule has 0 aliphatic carbocycles. The van der Waals surface area contributed by atoms with Crippen LogP contribution in [0.3, 0.4) is 0 Å². The predicted octanol–water partition coefficient (Wildman–Crippen LogP) is 4.31. The first-order valence-electron chi connectivity index (χ1n) is 7.91. The van der Waals surface area contributed by atoms with Gasteiger partial charge in [0.25, 0.3) is 0 Å². The minimum Gasteiger partial charge on any atom is -0.356 e. The molecule has 2 aromatic carbocycles. The number of rotatable bonds is 3.